The van der Waals surface area contributed by atoms with Gasteiger partial charge in [-0.1, -0.05) is 12.5 Å². The molecule has 2 aliphatic rings. The van der Waals surface area contributed by atoms with Gasteiger partial charge >= 0.3 is 0 Å². The predicted molar refractivity (Wildman–Crippen MR) is 102 cm³/mol. The number of nitrogens with one attached hydrogen (secondary N) is 1. The normalized spacial score (nSPS) is 19.1. The first kappa shape index (κ1) is 17.7. The summed E-state index contributed by atoms with van der Waals surface area (Å²) in [5.41, 5.74) is 0. The lowest BCUT2D eigenvalue weighted by Gasteiger charge is -2.31. The summed E-state index contributed by atoms with van der Waals surface area (Å²) in [6.45, 7) is 4.12. The molecule has 0 aliphatic carbocycles. The number of carbonyl (C=O) groups excluding carboxylic acids is 1. The summed E-state index contributed by atoms with van der Waals surface area (Å²) in [6.07, 6.45) is 6.96. The minimum atomic E-state index is 0.119. The molecule has 1 amide bonds. The Bertz CT molecular complexity index is 718. The maximum Gasteiger partial charge on any atom is 0.234 e. The van der Waals surface area contributed by atoms with Crippen LogP contribution in [0.1, 0.15) is 54.5 Å². The molecule has 0 unspecified atom stereocenters. The molecule has 0 bridgehead atoms. The van der Waals surface area contributed by atoms with Crippen LogP contribution in [0, 0.1) is 0 Å². The number of thiophene rings is 1. The number of piperidine rings is 1. The van der Waals surface area contributed by atoms with Crippen molar-refractivity contribution < 1.29 is 4.79 Å². The van der Waals surface area contributed by atoms with Gasteiger partial charge in [0, 0.05) is 23.8 Å². The van der Waals surface area contributed by atoms with Crippen molar-refractivity contribution in [3.05, 3.63) is 34.0 Å². The molecule has 7 heteroatoms. The van der Waals surface area contributed by atoms with Gasteiger partial charge in [-0.05, 0) is 50.2 Å². The summed E-state index contributed by atoms with van der Waals surface area (Å²) in [7, 11) is 0. The molecule has 1 saturated heterocycles. The molecule has 6 nitrogen and oxygen atoms in total. The van der Waals surface area contributed by atoms with Crippen LogP contribution in [0.2, 0.25) is 0 Å². The van der Waals surface area contributed by atoms with E-state index in [-0.39, 0.29) is 5.91 Å². The van der Waals surface area contributed by atoms with E-state index in [1.807, 2.05) is 11.4 Å². The van der Waals surface area contributed by atoms with Gasteiger partial charge in [-0.15, -0.1) is 21.5 Å². The summed E-state index contributed by atoms with van der Waals surface area (Å²) in [5, 5.41) is 14.0. The van der Waals surface area contributed by atoms with Crippen LogP contribution in [-0.4, -0.2) is 45.2 Å². The average Bonchev–Trinajstić information content (AvgIpc) is 3.26. The number of hydrogen-bond acceptors (Lipinski definition) is 5. The number of amides is 1. The summed E-state index contributed by atoms with van der Waals surface area (Å²) >= 11 is 1.68. The van der Waals surface area contributed by atoms with Crippen LogP contribution in [0.4, 0.5) is 0 Å². The van der Waals surface area contributed by atoms with Gasteiger partial charge in [0.05, 0.1) is 13.1 Å². The van der Waals surface area contributed by atoms with E-state index in [0.717, 1.165) is 38.9 Å². The zero-order valence-corrected chi connectivity index (χ0v) is 16.0. The summed E-state index contributed by atoms with van der Waals surface area (Å²) < 4.78 is 2.38. The molecular weight excluding hydrogens is 346 g/mol. The minimum Gasteiger partial charge on any atom is -0.350 e. The van der Waals surface area contributed by atoms with E-state index in [9.17, 15) is 4.79 Å². The first-order valence-corrected chi connectivity index (χ1v) is 10.6. The number of rotatable bonds is 5. The maximum absolute atomic E-state index is 12.2. The van der Waals surface area contributed by atoms with Crippen molar-refractivity contribution >= 4 is 17.2 Å². The van der Waals surface area contributed by atoms with E-state index < -0.39 is 0 Å². The third-order valence-electron chi connectivity index (χ3n) is 5.50. The van der Waals surface area contributed by atoms with Crippen LogP contribution in [0.15, 0.2) is 17.5 Å². The molecule has 4 rings (SSSR count). The third kappa shape index (κ3) is 4.15. The van der Waals surface area contributed by atoms with E-state index >= 15 is 0 Å². The van der Waals surface area contributed by atoms with Gasteiger partial charge in [0.1, 0.15) is 11.6 Å². The van der Waals surface area contributed by atoms with E-state index in [0.29, 0.717) is 19.0 Å². The Morgan fingerprint density at radius 3 is 2.88 bits per heavy atom. The number of nitrogens with zero attached hydrogens (tertiary/aromatic N) is 4. The Balaban J connectivity index is 1.26. The molecule has 1 N–H and O–H groups in total. The van der Waals surface area contributed by atoms with Crippen molar-refractivity contribution in [2.75, 3.05) is 19.6 Å². The number of carbonyl (C=O) groups is 1. The molecule has 2 aromatic rings. The largest absolute Gasteiger partial charge is 0.350 e. The highest BCUT2D eigenvalue weighted by atomic mass is 32.1. The first-order chi connectivity index (χ1) is 12.8. The van der Waals surface area contributed by atoms with Crippen molar-refractivity contribution in [1.29, 1.82) is 0 Å². The molecule has 0 spiro atoms. The Morgan fingerprint density at radius 1 is 1.19 bits per heavy atom. The Morgan fingerprint density at radius 2 is 2.08 bits per heavy atom. The first-order valence-electron chi connectivity index (χ1n) is 9.73. The Kier molecular flexibility index (Phi) is 5.65. The number of fused-ring (bicyclic) bond motifs is 1. The molecule has 26 heavy (non-hydrogen) atoms. The van der Waals surface area contributed by atoms with Gasteiger partial charge in [0.2, 0.25) is 5.91 Å². The quantitative estimate of drug-likeness (QED) is 0.875. The fourth-order valence-electron chi connectivity index (χ4n) is 4.02. The number of likely N-dealkylation sites (tertiary alicyclic amines) is 1. The average molecular weight is 374 g/mol. The van der Waals surface area contributed by atoms with Crippen LogP contribution in [-0.2, 0) is 24.3 Å². The molecular formula is C19H27N5OS. The fourth-order valence-corrected chi connectivity index (χ4v) is 4.66. The van der Waals surface area contributed by atoms with Crippen LogP contribution in [0.5, 0.6) is 0 Å². The summed E-state index contributed by atoms with van der Waals surface area (Å²) in [4.78, 5) is 15.6. The smallest absolute Gasteiger partial charge is 0.234 e. The third-order valence-corrected chi connectivity index (χ3v) is 6.37. The van der Waals surface area contributed by atoms with Crippen molar-refractivity contribution in [2.24, 2.45) is 0 Å². The minimum absolute atomic E-state index is 0.119. The SMILES string of the molecule is O=C(CN1CCC(c2nnc3n2CCCCC3)CC1)NCc1cccs1. The van der Waals surface area contributed by atoms with Gasteiger partial charge in [0.15, 0.2) is 0 Å². The van der Waals surface area contributed by atoms with Gasteiger partial charge < -0.3 is 9.88 Å². The summed E-state index contributed by atoms with van der Waals surface area (Å²) in [6, 6.07) is 4.07. The highest BCUT2D eigenvalue weighted by Gasteiger charge is 2.27. The van der Waals surface area contributed by atoms with Crippen LogP contribution < -0.4 is 5.32 Å². The molecule has 4 heterocycles. The van der Waals surface area contributed by atoms with Gasteiger partial charge in [-0.25, -0.2) is 0 Å². The Hall–Kier alpha value is -1.73. The molecule has 0 saturated carbocycles. The molecule has 0 atom stereocenters. The topological polar surface area (TPSA) is 63.1 Å². The van der Waals surface area contributed by atoms with E-state index in [1.165, 1.54) is 35.8 Å². The van der Waals surface area contributed by atoms with Gasteiger partial charge in [-0.2, -0.15) is 0 Å². The van der Waals surface area contributed by atoms with E-state index in [2.05, 4.69) is 31.0 Å². The van der Waals surface area contributed by atoms with Crippen molar-refractivity contribution in [3.63, 3.8) is 0 Å². The number of aryl methyl sites for hydroxylation is 1. The standard InChI is InChI=1S/C19H27N5OS/c25-18(20-13-16-5-4-12-26-16)14-23-10-7-15(8-11-23)19-22-21-17-6-2-1-3-9-24(17)19/h4-5,12,15H,1-3,6-11,13-14H2,(H,20,25). The second kappa shape index (κ2) is 8.31. The van der Waals surface area contributed by atoms with Crippen LogP contribution in [0.25, 0.3) is 0 Å². The molecule has 1 fully saturated rings. The lowest BCUT2D eigenvalue weighted by molar-refractivity contribution is -0.122. The van der Waals surface area contributed by atoms with Crippen molar-refractivity contribution in [3.8, 4) is 0 Å². The second-order valence-corrected chi connectivity index (χ2v) is 8.38. The molecule has 0 aromatic carbocycles. The maximum atomic E-state index is 12.2. The molecule has 2 aliphatic heterocycles. The van der Waals surface area contributed by atoms with Crippen LogP contribution in [0.3, 0.4) is 0 Å². The summed E-state index contributed by atoms with van der Waals surface area (Å²) in [5.74, 6) is 2.96. The lowest BCUT2D eigenvalue weighted by Crippen LogP contribution is -2.41. The monoisotopic (exact) mass is 373 g/mol. The highest BCUT2D eigenvalue weighted by Crippen LogP contribution is 2.28. The van der Waals surface area contributed by atoms with Gasteiger partial charge in [-0.3, -0.25) is 9.69 Å². The van der Waals surface area contributed by atoms with Crippen molar-refractivity contribution in [1.82, 2.24) is 25.0 Å². The lowest BCUT2D eigenvalue weighted by atomic mass is 9.96. The Labute approximate surface area is 158 Å². The van der Waals surface area contributed by atoms with Gasteiger partial charge in [0.25, 0.3) is 0 Å². The zero-order valence-electron chi connectivity index (χ0n) is 15.2. The molecule has 0 radical (unpaired) electrons. The van der Waals surface area contributed by atoms with Crippen LogP contribution >= 0.6 is 11.3 Å². The predicted octanol–water partition coefficient (Wildman–Crippen LogP) is 2.56. The number of hydrogen-bond donors (Lipinski definition) is 1. The molecule has 2 aromatic heterocycles. The van der Waals surface area contributed by atoms with Crippen molar-refractivity contribution in [2.45, 2.75) is 57.5 Å². The second-order valence-electron chi connectivity index (χ2n) is 7.34. The highest BCUT2D eigenvalue weighted by molar-refractivity contribution is 7.09. The fraction of sp³-hybridized carbons (Fsp3) is 0.632. The molecule has 140 valence electrons. The number of aromatic nitrogens is 3. The van der Waals surface area contributed by atoms with E-state index in [4.69, 9.17) is 0 Å². The van der Waals surface area contributed by atoms with E-state index in [1.54, 1.807) is 11.3 Å². The zero-order chi connectivity index (χ0) is 17.8.